The highest BCUT2D eigenvalue weighted by Gasteiger charge is 1.96. The zero-order valence-electron chi connectivity index (χ0n) is 11.8. The zero-order valence-corrected chi connectivity index (χ0v) is 11.8. The standard InChI is InChI=1S/C8H12N2.C7H9N/c1-7-4-5-9-6-8(7)10(2)3;1-6-3-4-8-5-7(6)2/h4-6H,1-3H3;3-5H,1-2H3. The summed E-state index contributed by atoms with van der Waals surface area (Å²) < 4.78 is 0. The third-order valence-corrected chi connectivity index (χ3v) is 2.79. The first-order valence-corrected chi connectivity index (χ1v) is 5.97. The van der Waals surface area contributed by atoms with Crippen LogP contribution in [0.1, 0.15) is 16.7 Å². The van der Waals surface area contributed by atoms with E-state index in [9.17, 15) is 0 Å². The molecule has 0 fully saturated rings. The number of anilines is 1. The maximum atomic E-state index is 4.03. The first-order valence-electron chi connectivity index (χ1n) is 5.97. The van der Waals surface area contributed by atoms with Crippen LogP contribution >= 0.6 is 0 Å². The van der Waals surface area contributed by atoms with Gasteiger partial charge in [-0.3, -0.25) is 9.97 Å². The Balaban J connectivity index is 0.000000184. The summed E-state index contributed by atoms with van der Waals surface area (Å²) in [7, 11) is 4.04. The van der Waals surface area contributed by atoms with Crippen molar-refractivity contribution in [1.29, 1.82) is 0 Å². The molecule has 96 valence electrons. The van der Waals surface area contributed by atoms with Crippen LogP contribution < -0.4 is 4.90 Å². The molecule has 0 amide bonds. The van der Waals surface area contributed by atoms with Crippen molar-refractivity contribution in [2.45, 2.75) is 20.8 Å². The molecule has 0 aliphatic heterocycles. The maximum Gasteiger partial charge on any atom is 0.0577 e. The third kappa shape index (κ3) is 4.17. The molecule has 0 radical (unpaired) electrons. The Bertz CT molecular complexity index is 472. The SMILES string of the molecule is Cc1ccncc1C.Cc1ccncc1N(C)C. The van der Waals surface area contributed by atoms with E-state index in [2.05, 4.69) is 35.6 Å². The van der Waals surface area contributed by atoms with Gasteiger partial charge in [0.1, 0.15) is 0 Å². The summed E-state index contributed by atoms with van der Waals surface area (Å²) in [5, 5.41) is 0. The third-order valence-electron chi connectivity index (χ3n) is 2.79. The van der Waals surface area contributed by atoms with Crippen LogP contribution in [0.5, 0.6) is 0 Å². The first kappa shape index (κ1) is 14.2. The van der Waals surface area contributed by atoms with Crippen LogP contribution in [0, 0.1) is 20.8 Å². The first-order chi connectivity index (χ1) is 8.52. The van der Waals surface area contributed by atoms with E-state index in [1.165, 1.54) is 22.4 Å². The molecule has 2 rings (SSSR count). The van der Waals surface area contributed by atoms with Crippen molar-refractivity contribution in [2.75, 3.05) is 19.0 Å². The van der Waals surface area contributed by atoms with Gasteiger partial charge in [0.05, 0.1) is 11.9 Å². The molecular weight excluding hydrogens is 222 g/mol. The highest BCUT2D eigenvalue weighted by Crippen LogP contribution is 2.13. The molecule has 0 unspecified atom stereocenters. The Labute approximate surface area is 110 Å². The Morgan fingerprint density at radius 1 is 0.778 bits per heavy atom. The molecule has 2 aromatic rings. The molecule has 0 bridgehead atoms. The normalized spacial score (nSPS) is 9.39. The molecule has 0 spiro atoms. The van der Waals surface area contributed by atoms with Gasteiger partial charge in [-0.2, -0.15) is 0 Å². The van der Waals surface area contributed by atoms with Crippen molar-refractivity contribution in [3.05, 3.63) is 53.6 Å². The van der Waals surface area contributed by atoms with Gasteiger partial charge in [-0.05, 0) is 49.6 Å². The molecule has 0 atom stereocenters. The van der Waals surface area contributed by atoms with E-state index in [-0.39, 0.29) is 0 Å². The van der Waals surface area contributed by atoms with E-state index in [1.807, 2.05) is 51.0 Å². The van der Waals surface area contributed by atoms with E-state index in [0.29, 0.717) is 0 Å². The summed E-state index contributed by atoms with van der Waals surface area (Å²) in [6.45, 7) is 6.22. The summed E-state index contributed by atoms with van der Waals surface area (Å²) in [6, 6.07) is 4.02. The smallest absolute Gasteiger partial charge is 0.0577 e. The molecule has 0 N–H and O–H groups in total. The monoisotopic (exact) mass is 243 g/mol. The van der Waals surface area contributed by atoms with Crippen LogP contribution in [-0.4, -0.2) is 24.1 Å². The Kier molecular flexibility index (Phi) is 5.31. The lowest BCUT2D eigenvalue weighted by atomic mass is 10.2. The summed E-state index contributed by atoms with van der Waals surface area (Å²) in [4.78, 5) is 10.0. The van der Waals surface area contributed by atoms with Crippen LogP contribution in [0.4, 0.5) is 5.69 Å². The van der Waals surface area contributed by atoms with Crippen molar-refractivity contribution in [3.8, 4) is 0 Å². The van der Waals surface area contributed by atoms with Gasteiger partial charge in [0.25, 0.3) is 0 Å². The van der Waals surface area contributed by atoms with Crippen LogP contribution in [0.25, 0.3) is 0 Å². The van der Waals surface area contributed by atoms with Gasteiger partial charge < -0.3 is 4.90 Å². The van der Waals surface area contributed by atoms with E-state index < -0.39 is 0 Å². The van der Waals surface area contributed by atoms with E-state index in [1.54, 1.807) is 0 Å². The quantitative estimate of drug-likeness (QED) is 0.770. The molecule has 0 aliphatic carbocycles. The fourth-order valence-electron chi connectivity index (χ4n) is 1.47. The fourth-order valence-corrected chi connectivity index (χ4v) is 1.47. The maximum absolute atomic E-state index is 4.03. The Hall–Kier alpha value is -1.90. The lowest BCUT2D eigenvalue weighted by Gasteiger charge is -2.13. The molecular formula is C15H21N3. The predicted octanol–water partition coefficient (Wildman–Crippen LogP) is 3.15. The minimum absolute atomic E-state index is 1.18. The summed E-state index contributed by atoms with van der Waals surface area (Å²) >= 11 is 0. The van der Waals surface area contributed by atoms with Crippen molar-refractivity contribution in [2.24, 2.45) is 0 Å². The van der Waals surface area contributed by atoms with E-state index in [0.717, 1.165) is 0 Å². The van der Waals surface area contributed by atoms with Crippen molar-refractivity contribution < 1.29 is 0 Å². The van der Waals surface area contributed by atoms with E-state index >= 15 is 0 Å². The molecule has 2 heterocycles. The van der Waals surface area contributed by atoms with Crippen molar-refractivity contribution >= 4 is 5.69 Å². The molecule has 0 saturated heterocycles. The number of aromatic nitrogens is 2. The average Bonchev–Trinajstić information content (AvgIpc) is 2.34. The zero-order chi connectivity index (χ0) is 13.5. The number of aryl methyl sites for hydroxylation is 3. The van der Waals surface area contributed by atoms with Gasteiger partial charge in [0.15, 0.2) is 0 Å². The van der Waals surface area contributed by atoms with Gasteiger partial charge in [0, 0.05) is 32.7 Å². The van der Waals surface area contributed by atoms with Crippen LogP contribution in [0.15, 0.2) is 36.9 Å². The van der Waals surface area contributed by atoms with Gasteiger partial charge in [0.2, 0.25) is 0 Å². The number of pyridine rings is 2. The highest BCUT2D eigenvalue weighted by molar-refractivity contribution is 5.49. The lowest BCUT2D eigenvalue weighted by molar-refractivity contribution is 1.09. The molecule has 3 heteroatoms. The molecule has 0 aromatic carbocycles. The second-order valence-corrected chi connectivity index (χ2v) is 4.52. The second-order valence-electron chi connectivity index (χ2n) is 4.52. The van der Waals surface area contributed by atoms with Gasteiger partial charge in [-0.1, -0.05) is 0 Å². The molecule has 0 aliphatic rings. The number of rotatable bonds is 1. The average molecular weight is 243 g/mol. The number of hydrogen-bond donors (Lipinski definition) is 0. The highest BCUT2D eigenvalue weighted by atomic mass is 15.1. The van der Waals surface area contributed by atoms with Gasteiger partial charge >= 0.3 is 0 Å². The summed E-state index contributed by atoms with van der Waals surface area (Å²) in [5.74, 6) is 0. The lowest BCUT2D eigenvalue weighted by Crippen LogP contribution is -2.10. The minimum atomic E-state index is 1.18. The Morgan fingerprint density at radius 3 is 1.67 bits per heavy atom. The van der Waals surface area contributed by atoms with Crippen LogP contribution in [0.3, 0.4) is 0 Å². The summed E-state index contributed by atoms with van der Waals surface area (Å²) in [6.07, 6.45) is 7.36. The van der Waals surface area contributed by atoms with Crippen molar-refractivity contribution in [3.63, 3.8) is 0 Å². The largest absolute Gasteiger partial charge is 0.376 e. The van der Waals surface area contributed by atoms with E-state index in [4.69, 9.17) is 0 Å². The minimum Gasteiger partial charge on any atom is -0.376 e. The molecule has 3 nitrogen and oxygen atoms in total. The topological polar surface area (TPSA) is 29.0 Å². The van der Waals surface area contributed by atoms with Crippen LogP contribution in [0.2, 0.25) is 0 Å². The second kappa shape index (κ2) is 6.74. The molecule has 0 saturated carbocycles. The molecule has 18 heavy (non-hydrogen) atoms. The van der Waals surface area contributed by atoms with Crippen LogP contribution in [-0.2, 0) is 0 Å². The fraction of sp³-hybridized carbons (Fsp3) is 0.333. The van der Waals surface area contributed by atoms with Crippen molar-refractivity contribution in [1.82, 2.24) is 9.97 Å². The number of nitrogens with zero attached hydrogens (tertiary/aromatic N) is 3. The Morgan fingerprint density at radius 2 is 1.33 bits per heavy atom. The van der Waals surface area contributed by atoms with Gasteiger partial charge in [-0.15, -0.1) is 0 Å². The molecule has 2 aromatic heterocycles. The number of hydrogen-bond acceptors (Lipinski definition) is 3. The van der Waals surface area contributed by atoms with Gasteiger partial charge in [-0.25, -0.2) is 0 Å². The summed E-state index contributed by atoms with van der Waals surface area (Å²) in [5.41, 5.74) is 5.01. The predicted molar refractivity (Wildman–Crippen MR) is 77.0 cm³/mol.